The Morgan fingerprint density at radius 2 is 1.86 bits per heavy atom. The third kappa shape index (κ3) is 7.21. The van der Waals surface area contributed by atoms with Gasteiger partial charge in [0, 0.05) is 18.0 Å². The number of anilines is 1. The first-order valence-corrected chi connectivity index (χ1v) is 11.7. The topological polar surface area (TPSA) is 137 Å². The molecule has 1 heterocycles. The van der Waals surface area contributed by atoms with Crippen molar-refractivity contribution in [3.8, 4) is 0 Å². The van der Waals surface area contributed by atoms with E-state index in [1.165, 1.54) is 0 Å². The number of nitrogens with zero attached hydrogens (tertiary/aromatic N) is 2. The lowest BCUT2D eigenvalue weighted by atomic mass is 9.93. The van der Waals surface area contributed by atoms with Crippen LogP contribution >= 0.6 is 0 Å². The standard InChI is InChI=1S/C25H32N4O6/c1-6-34-23(32)17(20(31)13-26-24(33)35-25(3,4)5)12-19(30)16-8-7-9-18-21(16)29-22(14(2)27-18)28-15-10-11-15/h7-9,15,17H,6,10-13H2,1-5H3,(H,26,33)(H,28,29). The van der Waals surface area contributed by atoms with Gasteiger partial charge in [-0.15, -0.1) is 0 Å². The molecule has 1 fully saturated rings. The average molecular weight is 485 g/mol. The van der Waals surface area contributed by atoms with E-state index in [0.29, 0.717) is 22.9 Å². The molecule has 188 valence electrons. The number of hydrogen-bond donors (Lipinski definition) is 2. The molecule has 0 spiro atoms. The third-order valence-electron chi connectivity index (χ3n) is 5.24. The molecule has 0 saturated heterocycles. The number of para-hydroxylation sites is 1. The molecule has 1 atom stereocenters. The van der Waals surface area contributed by atoms with Gasteiger partial charge in [-0.3, -0.25) is 14.4 Å². The molecule has 1 aliphatic rings. The highest BCUT2D eigenvalue weighted by Crippen LogP contribution is 2.27. The number of ketones is 2. The van der Waals surface area contributed by atoms with E-state index in [-0.39, 0.29) is 12.2 Å². The number of Topliss-reactive ketones (excluding diaryl/α,β-unsaturated/α-hetero) is 2. The van der Waals surface area contributed by atoms with Crippen LogP contribution in [-0.2, 0) is 19.1 Å². The van der Waals surface area contributed by atoms with E-state index >= 15 is 0 Å². The summed E-state index contributed by atoms with van der Waals surface area (Å²) in [6.07, 6.45) is 0.893. The molecule has 1 aromatic carbocycles. The van der Waals surface area contributed by atoms with Crippen molar-refractivity contribution in [2.45, 2.75) is 65.5 Å². The summed E-state index contributed by atoms with van der Waals surface area (Å²) >= 11 is 0. The maximum absolute atomic E-state index is 13.3. The van der Waals surface area contributed by atoms with E-state index in [0.717, 1.165) is 18.5 Å². The molecule has 3 rings (SSSR count). The number of alkyl carbamates (subject to hydrolysis) is 1. The van der Waals surface area contributed by atoms with Crippen molar-refractivity contribution in [2.75, 3.05) is 18.5 Å². The summed E-state index contributed by atoms with van der Waals surface area (Å²) in [4.78, 5) is 59.8. The highest BCUT2D eigenvalue weighted by atomic mass is 16.6. The van der Waals surface area contributed by atoms with Crippen LogP contribution < -0.4 is 10.6 Å². The fourth-order valence-electron chi connectivity index (χ4n) is 3.41. The smallest absolute Gasteiger partial charge is 0.408 e. The Kier molecular flexibility index (Phi) is 8.03. The maximum Gasteiger partial charge on any atom is 0.408 e. The lowest BCUT2D eigenvalue weighted by Crippen LogP contribution is -2.40. The predicted octanol–water partition coefficient (Wildman–Crippen LogP) is 3.36. The molecule has 1 aliphatic carbocycles. The quantitative estimate of drug-likeness (QED) is 0.295. The highest BCUT2D eigenvalue weighted by molar-refractivity contribution is 6.11. The molecule has 2 N–H and O–H groups in total. The molecular weight excluding hydrogens is 452 g/mol. The van der Waals surface area contributed by atoms with Gasteiger partial charge in [-0.1, -0.05) is 6.07 Å². The number of esters is 1. The SMILES string of the molecule is CCOC(=O)C(CC(=O)c1cccc2nc(C)c(NC3CC3)nc12)C(=O)CNC(=O)OC(C)(C)C. The second kappa shape index (κ2) is 10.8. The van der Waals surface area contributed by atoms with Crippen molar-refractivity contribution < 1.29 is 28.7 Å². The Labute approximate surface area is 204 Å². The summed E-state index contributed by atoms with van der Waals surface area (Å²) in [7, 11) is 0. The second-order valence-electron chi connectivity index (χ2n) is 9.50. The number of hydrogen-bond acceptors (Lipinski definition) is 9. The third-order valence-corrected chi connectivity index (χ3v) is 5.24. The molecule has 2 aromatic rings. The second-order valence-corrected chi connectivity index (χ2v) is 9.50. The normalized spacial score (nSPS) is 14.2. The largest absolute Gasteiger partial charge is 0.465 e. The van der Waals surface area contributed by atoms with Crippen LogP contribution in [0.5, 0.6) is 0 Å². The zero-order valence-corrected chi connectivity index (χ0v) is 20.8. The van der Waals surface area contributed by atoms with Crippen molar-refractivity contribution in [1.82, 2.24) is 15.3 Å². The molecule has 35 heavy (non-hydrogen) atoms. The Bertz CT molecular complexity index is 1140. The molecule has 10 nitrogen and oxygen atoms in total. The number of fused-ring (bicyclic) bond motifs is 1. The first kappa shape index (κ1) is 26.1. The molecule has 0 radical (unpaired) electrons. The van der Waals surface area contributed by atoms with Gasteiger partial charge in [-0.05, 0) is 59.6 Å². The van der Waals surface area contributed by atoms with Crippen LogP contribution in [-0.4, -0.2) is 58.4 Å². The Hall–Kier alpha value is -3.56. The van der Waals surface area contributed by atoms with E-state index in [1.807, 2.05) is 6.92 Å². The molecule has 1 amide bonds. The maximum atomic E-state index is 13.3. The molecule has 0 aliphatic heterocycles. The predicted molar refractivity (Wildman–Crippen MR) is 129 cm³/mol. The zero-order chi connectivity index (χ0) is 25.8. The van der Waals surface area contributed by atoms with Crippen LogP contribution in [0.2, 0.25) is 0 Å². The van der Waals surface area contributed by atoms with E-state index in [1.54, 1.807) is 45.9 Å². The number of amides is 1. The van der Waals surface area contributed by atoms with Crippen LogP contribution in [0.4, 0.5) is 10.6 Å². The van der Waals surface area contributed by atoms with Crippen LogP contribution in [0.3, 0.4) is 0 Å². The van der Waals surface area contributed by atoms with Crippen molar-refractivity contribution in [3.05, 3.63) is 29.5 Å². The van der Waals surface area contributed by atoms with Crippen molar-refractivity contribution >= 4 is 40.5 Å². The van der Waals surface area contributed by atoms with Crippen LogP contribution in [0, 0.1) is 12.8 Å². The molecule has 10 heteroatoms. The summed E-state index contributed by atoms with van der Waals surface area (Å²) in [6.45, 7) is 8.09. The van der Waals surface area contributed by atoms with Crippen molar-refractivity contribution in [3.63, 3.8) is 0 Å². The number of carbonyl (C=O) groups is 4. The van der Waals surface area contributed by atoms with Crippen molar-refractivity contribution in [1.29, 1.82) is 0 Å². The van der Waals surface area contributed by atoms with E-state index in [4.69, 9.17) is 9.47 Å². The summed E-state index contributed by atoms with van der Waals surface area (Å²) in [5, 5.41) is 5.65. The van der Waals surface area contributed by atoms with Gasteiger partial charge in [0.1, 0.15) is 22.9 Å². The lowest BCUT2D eigenvalue weighted by molar-refractivity contribution is -0.151. The summed E-state index contributed by atoms with van der Waals surface area (Å²) in [5.41, 5.74) is 1.18. The number of aryl methyl sites for hydroxylation is 1. The van der Waals surface area contributed by atoms with Gasteiger partial charge in [0.05, 0.1) is 24.4 Å². The Morgan fingerprint density at radius 3 is 2.49 bits per heavy atom. The first-order chi connectivity index (χ1) is 16.5. The number of ether oxygens (including phenoxy) is 2. The van der Waals surface area contributed by atoms with Crippen LogP contribution in [0.1, 0.15) is 63.0 Å². The van der Waals surface area contributed by atoms with Crippen LogP contribution in [0.15, 0.2) is 18.2 Å². The number of nitrogens with one attached hydrogen (secondary N) is 2. The van der Waals surface area contributed by atoms with Gasteiger partial charge in [0.2, 0.25) is 0 Å². The van der Waals surface area contributed by atoms with Gasteiger partial charge in [0.25, 0.3) is 0 Å². The van der Waals surface area contributed by atoms with Crippen LogP contribution in [0.25, 0.3) is 11.0 Å². The minimum absolute atomic E-state index is 0.0471. The average Bonchev–Trinajstić information content (AvgIpc) is 3.59. The lowest BCUT2D eigenvalue weighted by Gasteiger charge is -2.20. The Balaban J connectivity index is 1.80. The molecule has 1 aromatic heterocycles. The first-order valence-electron chi connectivity index (χ1n) is 11.7. The van der Waals surface area contributed by atoms with E-state index < -0.39 is 48.1 Å². The van der Waals surface area contributed by atoms with E-state index in [2.05, 4.69) is 20.6 Å². The fraction of sp³-hybridized carbons (Fsp3) is 0.520. The summed E-state index contributed by atoms with van der Waals surface area (Å²) in [5.74, 6) is -2.69. The number of benzene rings is 1. The molecule has 1 unspecified atom stereocenters. The van der Waals surface area contributed by atoms with E-state index in [9.17, 15) is 19.2 Å². The minimum Gasteiger partial charge on any atom is -0.465 e. The zero-order valence-electron chi connectivity index (χ0n) is 20.8. The fourth-order valence-corrected chi connectivity index (χ4v) is 3.41. The van der Waals surface area contributed by atoms with Gasteiger partial charge in [-0.2, -0.15) is 0 Å². The van der Waals surface area contributed by atoms with Gasteiger partial charge in [-0.25, -0.2) is 14.8 Å². The highest BCUT2D eigenvalue weighted by Gasteiger charge is 2.32. The van der Waals surface area contributed by atoms with Gasteiger partial charge in [0.15, 0.2) is 11.6 Å². The summed E-state index contributed by atoms with van der Waals surface area (Å²) < 4.78 is 10.1. The van der Waals surface area contributed by atoms with Gasteiger partial charge < -0.3 is 20.1 Å². The Morgan fingerprint density at radius 1 is 1.14 bits per heavy atom. The van der Waals surface area contributed by atoms with Crippen molar-refractivity contribution in [2.24, 2.45) is 5.92 Å². The number of rotatable bonds is 10. The molecule has 1 saturated carbocycles. The molecule has 0 bridgehead atoms. The number of aromatic nitrogens is 2. The monoisotopic (exact) mass is 484 g/mol. The number of carbonyl (C=O) groups excluding carboxylic acids is 4. The minimum atomic E-state index is -1.38. The van der Waals surface area contributed by atoms with Gasteiger partial charge >= 0.3 is 12.1 Å². The molecular formula is C25H32N4O6. The summed E-state index contributed by atoms with van der Waals surface area (Å²) in [6, 6.07) is 5.39.